The molecule has 0 amide bonds. The van der Waals surface area contributed by atoms with Crippen LogP contribution >= 0.6 is 23.4 Å². The average Bonchev–Trinajstić information content (AvgIpc) is 3.00. The van der Waals surface area contributed by atoms with Crippen LogP contribution in [0.25, 0.3) is 11.2 Å². The zero-order chi connectivity index (χ0) is 17.1. The molecule has 0 bridgehead atoms. The van der Waals surface area contributed by atoms with Crippen LogP contribution in [-0.4, -0.2) is 43.3 Å². The highest BCUT2D eigenvalue weighted by Crippen LogP contribution is 2.27. The molecule has 124 valence electrons. The third kappa shape index (κ3) is 3.49. The maximum Gasteiger partial charge on any atom is 0.318 e. The van der Waals surface area contributed by atoms with Gasteiger partial charge in [0.05, 0.1) is 13.7 Å². The summed E-state index contributed by atoms with van der Waals surface area (Å²) in [6, 6.07) is 7.49. The van der Waals surface area contributed by atoms with Gasteiger partial charge in [0.2, 0.25) is 0 Å². The van der Waals surface area contributed by atoms with E-state index in [1.807, 2.05) is 24.3 Å². The maximum atomic E-state index is 11.6. The normalized spacial score (nSPS) is 12.3. The zero-order valence-electron chi connectivity index (χ0n) is 13.0. The van der Waals surface area contributed by atoms with Crippen molar-refractivity contribution in [1.29, 1.82) is 0 Å². The van der Waals surface area contributed by atoms with E-state index in [0.717, 1.165) is 5.56 Å². The summed E-state index contributed by atoms with van der Waals surface area (Å²) in [5.41, 5.74) is 2.20. The first-order valence-corrected chi connectivity index (χ1v) is 8.37. The van der Waals surface area contributed by atoms with Crippen molar-refractivity contribution in [3.05, 3.63) is 41.2 Å². The van der Waals surface area contributed by atoms with Crippen LogP contribution in [0.4, 0.5) is 0 Å². The van der Waals surface area contributed by atoms with E-state index in [0.29, 0.717) is 27.8 Å². The van der Waals surface area contributed by atoms with Crippen molar-refractivity contribution in [2.75, 3.05) is 7.11 Å². The highest BCUT2D eigenvalue weighted by molar-refractivity contribution is 8.00. The van der Waals surface area contributed by atoms with Gasteiger partial charge in [-0.2, -0.15) is 0 Å². The summed E-state index contributed by atoms with van der Waals surface area (Å²) in [5.74, 6) is -0.319. The fourth-order valence-electron chi connectivity index (χ4n) is 2.11. The summed E-state index contributed by atoms with van der Waals surface area (Å²) >= 11 is 7.17. The molecule has 0 N–H and O–H groups in total. The molecule has 0 saturated carbocycles. The first-order valence-electron chi connectivity index (χ1n) is 7.11. The largest absolute Gasteiger partial charge is 0.468 e. The number of rotatable bonds is 5. The van der Waals surface area contributed by atoms with E-state index in [4.69, 9.17) is 16.3 Å². The molecule has 0 radical (unpaired) electrons. The number of methoxy groups -OCH3 is 1. The van der Waals surface area contributed by atoms with Crippen LogP contribution in [0, 0.1) is 0 Å². The lowest BCUT2D eigenvalue weighted by atomic mass is 10.2. The predicted octanol–water partition coefficient (Wildman–Crippen LogP) is 2.58. The standard InChI is InChI=1S/C15H14ClN5O2S/c1-9(15(22)23-2)24-14-12-13(17-8-18-14)21(20-19-12)7-10-3-5-11(16)6-4-10/h3-6,8-9H,7H2,1-2H3. The lowest BCUT2D eigenvalue weighted by molar-refractivity contribution is -0.139. The van der Waals surface area contributed by atoms with Crippen LogP contribution < -0.4 is 0 Å². The van der Waals surface area contributed by atoms with Crippen LogP contribution in [0.3, 0.4) is 0 Å². The predicted molar refractivity (Wildman–Crippen MR) is 91.0 cm³/mol. The van der Waals surface area contributed by atoms with Crippen molar-refractivity contribution in [3.63, 3.8) is 0 Å². The Morgan fingerprint density at radius 3 is 2.79 bits per heavy atom. The summed E-state index contributed by atoms with van der Waals surface area (Å²) in [6.07, 6.45) is 1.44. The Bertz CT molecular complexity index is 868. The van der Waals surface area contributed by atoms with Crippen LogP contribution in [0.1, 0.15) is 12.5 Å². The molecule has 0 aliphatic carbocycles. The van der Waals surface area contributed by atoms with Gasteiger partial charge in [-0.05, 0) is 24.6 Å². The minimum absolute atomic E-state index is 0.319. The van der Waals surface area contributed by atoms with Gasteiger partial charge in [-0.1, -0.05) is 40.7 Å². The molecule has 0 aliphatic rings. The summed E-state index contributed by atoms with van der Waals surface area (Å²) in [5, 5.41) is 9.19. The monoisotopic (exact) mass is 363 g/mol. The Morgan fingerprint density at radius 1 is 1.33 bits per heavy atom. The van der Waals surface area contributed by atoms with Gasteiger partial charge in [-0.15, -0.1) is 5.10 Å². The van der Waals surface area contributed by atoms with Gasteiger partial charge < -0.3 is 4.74 Å². The number of hydrogen-bond donors (Lipinski definition) is 0. The van der Waals surface area contributed by atoms with E-state index >= 15 is 0 Å². The number of halogens is 1. The van der Waals surface area contributed by atoms with Crippen molar-refractivity contribution < 1.29 is 9.53 Å². The summed E-state index contributed by atoms with van der Waals surface area (Å²) < 4.78 is 6.42. The number of esters is 1. The van der Waals surface area contributed by atoms with Gasteiger partial charge in [0.15, 0.2) is 11.2 Å². The number of hydrogen-bond acceptors (Lipinski definition) is 7. The van der Waals surface area contributed by atoms with Crippen molar-refractivity contribution >= 4 is 40.5 Å². The minimum atomic E-state index is -0.394. The molecule has 0 spiro atoms. The molecule has 9 heteroatoms. The van der Waals surface area contributed by atoms with Crippen molar-refractivity contribution in [2.24, 2.45) is 0 Å². The molecule has 2 aromatic heterocycles. The van der Waals surface area contributed by atoms with E-state index in [9.17, 15) is 4.79 Å². The van der Waals surface area contributed by atoms with Crippen LogP contribution in [0.15, 0.2) is 35.6 Å². The van der Waals surface area contributed by atoms with E-state index in [2.05, 4.69) is 20.3 Å². The second-order valence-corrected chi connectivity index (χ2v) is 6.77. The van der Waals surface area contributed by atoms with Crippen LogP contribution in [0.2, 0.25) is 5.02 Å². The van der Waals surface area contributed by atoms with Gasteiger partial charge in [0.25, 0.3) is 0 Å². The second kappa shape index (κ2) is 7.14. The second-order valence-electron chi connectivity index (χ2n) is 5.01. The fraction of sp³-hybridized carbons (Fsp3) is 0.267. The Labute approximate surface area is 147 Å². The summed E-state index contributed by atoms with van der Waals surface area (Å²) in [4.78, 5) is 20.1. The van der Waals surface area contributed by atoms with E-state index in [1.54, 1.807) is 11.6 Å². The molecular formula is C15H14ClN5O2S. The van der Waals surface area contributed by atoms with E-state index < -0.39 is 5.25 Å². The van der Waals surface area contributed by atoms with E-state index in [-0.39, 0.29) is 5.97 Å². The molecule has 3 rings (SSSR count). The topological polar surface area (TPSA) is 82.8 Å². The van der Waals surface area contributed by atoms with Crippen molar-refractivity contribution in [2.45, 2.75) is 23.7 Å². The SMILES string of the molecule is COC(=O)C(C)Sc1ncnc2c1nnn2Cc1ccc(Cl)cc1. The number of fused-ring (bicyclic) bond motifs is 1. The average molecular weight is 364 g/mol. The Kier molecular flexibility index (Phi) is 4.96. The molecule has 1 unspecified atom stereocenters. The number of nitrogens with zero attached hydrogens (tertiary/aromatic N) is 5. The lowest BCUT2D eigenvalue weighted by Crippen LogP contribution is -2.14. The number of carbonyl (C=O) groups is 1. The maximum absolute atomic E-state index is 11.6. The van der Waals surface area contributed by atoms with E-state index in [1.165, 1.54) is 25.2 Å². The Hall–Kier alpha value is -2.19. The van der Waals surface area contributed by atoms with Gasteiger partial charge in [0.1, 0.15) is 16.6 Å². The molecule has 0 saturated heterocycles. The molecule has 3 aromatic rings. The minimum Gasteiger partial charge on any atom is -0.468 e. The van der Waals surface area contributed by atoms with Gasteiger partial charge in [-0.25, -0.2) is 14.6 Å². The quantitative estimate of drug-likeness (QED) is 0.391. The van der Waals surface area contributed by atoms with Gasteiger partial charge >= 0.3 is 5.97 Å². The highest BCUT2D eigenvalue weighted by atomic mass is 35.5. The Balaban J connectivity index is 1.88. The molecule has 0 fully saturated rings. The summed E-state index contributed by atoms with van der Waals surface area (Å²) in [7, 11) is 1.36. The van der Waals surface area contributed by atoms with Gasteiger partial charge in [-0.3, -0.25) is 4.79 Å². The molecule has 24 heavy (non-hydrogen) atoms. The van der Waals surface area contributed by atoms with Crippen molar-refractivity contribution in [1.82, 2.24) is 25.0 Å². The number of thioether (sulfide) groups is 1. The number of ether oxygens (including phenoxy) is 1. The van der Waals surface area contributed by atoms with Crippen LogP contribution in [0.5, 0.6) is 0 Å². The third-order valence-electron chi connectivity index (χ3n) is 3.33. The van der Waals surface area contributed by atoms with Crippen molar-refractivity contribution in [3.8, 4) is 0 Å². The fourth-order valence-corrected chi connectivity index (χ4v) is 3.11. The van der Waals surface area contributed by atoms with Gasteiger partial charge in [0, 0.05) is 5.02 Å². The first kappa shape index (κ1) is 16.7. The number of aromatic nitrogens is 5. The lowest BCUT2D eigenvalue weighted by Gasteiger charge is -2.07. The number of benzene rings is 1. The summed E-state index contributed by atoms with van der Waals surface area (Å²) in [6.45, 7) is 2.27. The molecule has 7 nitrogen and oxygen atoms in total. The van der Waals surface area contributed by atoms with Crippen LogP contribution in [-0.2, 0) is 16.1 Å². The molecule has 1 atom stereocenters. The molecule has 2 heterocycles. The molecule has 1 aromatic carbocycles. The Morgan fingerprint density at radius 2 is 2.08 bits per heavy atom. The zero-order valence-corrected chi connectivity index (χ0v) is 14.6. The molecular weight excluding hydrogens is 350 g/mol. The molecule has 0 aliphatic heterocycles. The smallest absolute Gasteiger partial charge is 0.318 e. The highest BCUT2D eigenvalue weighted by Gasteiger charge is 2.19. The first-order chi connectivity index (χ1) is 11.6. The third-order valence-corrected chi connectivity index (χ3v) is 4.65. The number of carbonyl (C=O) groups excluding carboxylic acids is 1.